The number of pyridine rings is 1. The maximum Gasteiger partial charge on any atom is 0.224 e. The zero-order chi connectivity index (χ0) is 22.9. The third-order valence-electron chi connectivity index (χ3n) is 6.73. The van der Waals surface area contributed by atoms with Crippen molar-refractivity contribution >= 4 is 55.2 Å². The molecule has 0 spiro atoms. The van der Waals surface area contributed by atoms with Gasteiger partial charge in [-0.3, -0.25) is 4.98 Å². The molecule has 1 saturated carbocycles. The van der Waals surface area contributed by atoms with Crippen molar-refractivity contribution in [1.82, 2.24) is 15.0 Å². The van der Waals surface area contributed by atoms with Crippen LogP contribution in [-0.4, -0.2) is 21.0 Å². The topological polar surface area (TPSA) is 50.7 Å². The van der Waals surface area contributed by atoms with Crippen LogP contribution >= 0.6 is 27.5 Å². The van der Waals surface area contributed by atoms with Gasteiger partial charge in [-0.15, -0.1) is 0 Å². The van der Waals surface area contributed by atoms with Gasteiger partial charge in [-0.1, -0.05) is 15.9 Å². The SMILES string of the molecule is CC(C[C@H]1CC[C@H](c2ccnc3ccc(F)cc32)CC1)Nc1nc(Cl)nc2cc(Br)ccc12. The minimum atomic E-state index is -0.199. The Hall–Kier alpha value is -2.31. The van der Waals surface area contributed by atoms with Crippen LogP contribution in [0.1, 0.15) is 50.5 Å². The lowest BCUT2D eigenvalue weighted by molar-refractivity contribution is 0.302. The van der Waals surface area contributed by atoms with Crippen LogP contribution in [0.3, 0.4) is 0 Å². The molecule has 1 unspecified atom stereocenters. The number of rotatable bonds is 5. The predicted octanol–water partition coefficient (Wildman–Crippen LogP) is 7.90. The first-order chi connectivity index (χ1) is 16.0. The van der Waals surface area contributed by atoms with Crippen molar-refractivity contribution in [2.24, 2.45) is 5.92 Å². The summed E-state index contributed by atoms with van der Waals surface area (Å²) in [5, 5.41) is 5.73. The van der Waals surface area contributed by atoms with E-state index in [-0.39, 0.29) is 17.1 Å². The highest BCUT2D eigenvalue weighted by Crippen LogP contribution is 2.40. The molecule has 7 heteroatoms. The van der Waals surface area contributed by atoms with Crippen molar-refractivity contribution in [3.05, 3.63) is 69.8 Å². The molecular formula is C26H25BrClFN4. The molecule has 4 aromatic rings. The van der Waals surface area contributed by atoms with Gasteiger partial charge < -0.3 is 5.32 Å². The number of aromatic nitrogens is 3. The third-order valence-corrected chi connectivity index (χ3v) is 7.39. The van der Waals surface area contributed by atoms with Crippen LogP contribution in [0.4, 0.5) is 10.2 Å². The molecule has 0 amide bonds. The number of benzene rings is 2. The van der Waals surface area contributed by atoms with E-state index >= 15 is 0 Å². The number of halogens is 3. The zero-order valence-electron chi connectivity index (χ0n) is 18.4. The molecule has 2 aromatic heterocycles. The van der Waals surface area contributed by atoms with Gasteiger partial charge in [0, 0.05) is 27.5 Å². The molecule has 4 nitrogen and oxygen atoms in total. The van der Waals surface area contributed by atoms with Crippen molar-refractivity contribution in [3.63, 3.8) is 0 Å². The molecule has 0 radical (unpaired) electrons. The van der Waals surface area contributed by atoms with Crippen LogP contribution in [0.25, 0.3) is 21.8 Å². The molecule has 1 atom stereocenters. The number of fused-ring (bicyclic) bond motifs is 2. The van der Waals surface area contributed by atoms with Gasteiger partial charge in [0.2, 0.25) is 5.28 Å². The minimum Gasteiger partial charge on any atom is -0.367 e. The van der Waals surface area contributed by atoms with E-state index in [0.717, 1.165) is 64.2 Å². The Kier molecular flexibility index (Phi) is 6.48. The van der Waals surface area contributed by atoms with Crippen LogP contribution in [0.2, 0.25) is 5.28 Å². The summed E-state index contributed by atoms with van der Waals surface area (Å²) in [6, 6.07) is 13.2. The van der Waals surface area contributed by atoms with E-state index in [1.54, 1.807) is 12.1 Å². The highest BCUT2D eigenvalue weighted by Gasteiger charge is 2.25. The summed E-state index contributed by atoms with van der Waals surface area (Å²) in [6.45, 7) is 2.20. The lowest BCUT2D eigenvalue weighted by Gasteiger charge is -2.31. The lowest BCUT2D eigenvalue weighted by Crippen LogP contribution is -2.23. The van der Waals surface area contributed by atoms with Gasteiger partial charge >= 0.3 is 0 Å². The van der Waals surface area contributed by atoms with Gasteiger partial charge in [-0.25, -0.2) is 14.4 Å². The summed E-state index contributed by atoms with van der Waals surface area (Å²) in [5.41, 5.74) is 2.93. The van der Waals surface area contributed by atoms with Gasteiger partial charge in [-0.05, 0) is 110 Å². The highest BCUT2D eigenvalue weighted by molar-refractivity contribution is 9.10. The first kappa shape index (κ1) is 22.5. The standard InChI is InChI=1S/C26H25BrClFN4/c1-15(31-25-21-8-6-18(27)13-24(21)32-26(28)33-25)12-16-2-4-17(5-3-16)20-10-11-30-23-9-7-19(29)14-22(20)23/h6-11,13-17H,2-5,12H2,1H3,(H,31,32,33)/t15?,16-,17-. The van der Waals surface area contributed by atoms with E-state index in [2.05, 4.69) is 49.2 Å². The molecule has 1 aliphatic rings. The molecule has 1 fully saturated rings. The van der Waals surface area contributed by atoms with Crippen LogP contribution in [0.5, 0.6) is 0 Å². The van der Waals surface area contributed by atoms with Crippen LogP contribution < -0.4 is 5.32 Å². The Morgan fingerprint density at radius 2 is 1.85 bits per heavy atom. The third kappa shape index (κ3) is 4.97. The number of nitrogens with zero attached hydrogens (tertiary/aromatic N) is 3. The Balaban J connectivity index is 1.24. The first-order valence-electron chi connectivity index (χ1n) is 11.4. The largest absolute Gasteiger partial charge is 0.367 e. The Morgan fingerprint density at radius 3 is 2.67 bits per heavy atom. The second kappa shape index (κ2) is 9.51. The number of anilines is 1. The average Bonchev–Trinajstić information content (AvgIpc) is 2.78. The van der Waals surface area contributed by atoms with Gasteiger partial charge in [0.25, 0.3) is 0 Å². The zero-order valence-corrected chi connectivity index (χ0v) is 20.7. The lowest BCUT2D eigenvalue weighted by atomic mass is 9.76. The number of nitrogens with one attached hydrogen (secondary N) is 1. The second-order valence-corrected chi connectivity index (χ2v) is 10.3. The van der Waals surface area contributed by atoms with E-state index in [0.29, 0.717) is 11.8 Å². The van der Waals surface area contributed by atoms with Crippen molar-refractivity contribution in [2.75, 3.05) is 5.32 Å². The van der Waals surface area contributed by atoms with Crippen molar-refractivity contribution in [2.45, 2.75) is 51.0 Å². The smallest absolute Gasteiger partial charge is 0.224 e. The highest BCUT2D eigenvalue weighted by atomic mass is 79.9. The molecule has 1 N–H and O–H groups in total. The fraction of sp³-hybridized carbons (Fsp3) is 0.346. The van der Waals surface area contributed by atoms with Crippen LogP contribution in [-0.2, 0) is 0 Å². The van der Waals surface area contributed by atoms with Gasteiger partial charge in [0.05, 0.1) is 11.0 Å². The normalized spacial score (nSPS) is 19.6. The van der Waals surface area contributed by atoms with Crippen molar-refractivity contribution in [3.8, 4) is 0 Å². The number of hydrogen-bond donors (Lipinski definition) is 1. The van der Waals surface area contributed by atoms with Crippen LogP contribution in [0.15, 0.2) is 53.1 Å². The second-order valence-electron chi connectivity index (χ2n) is 9.06. The summed E-state index contributed by atoms with van der Waals surface area (Å²) < 4.78 is 14.8. The number of hydrogen-bond acceptors (Lipinski definition) is 4. The minimum absolute atomic E-state index is 0.199. The molecule has 0 bridgehead atoms. The molecule has 170 valence electrons. The monoisotopic (exact) mass is 526 g/mol. The molecular weight excluding hydrogens is 503 g/mol. The van der Waals surface area contributed by atoms with E-state index in [1.165, 1.54) is 11.6 Å². The predicted molar refractivity (Wildman–Crippen MR) is 136 cm³/mol. The molecule has 2 aromatic carbocycles. The Bertz CT molecular complexity index is 1300. The summed E-state index contributed by atoms with van der Waals surface area (Å²) >= 11 is 9.66. The summed E-state index contributed by atoms with van der Waals surface area (Å²) in [6.07, 6.45) is 7.47. The summed E-state index contributed by atoms with van der Waals surface area (Å²) in [4.78, 5) is 13.2. The van der Waals surface area contributed by atoms with Gasteiger partial charge in [0.1, 0.15) is 11.6 Å². The Labute approximate surface area is 206 Å². The van der Waals surface area contributed by atoms with Crippen molar-refractivity contribution in [1.29, 1.82) is 0 Å². The maximum atomic E-state index is 13.9. The maximum absolute atomic E-state index is 13.9. The van der Waals surface area contributed by atoms with Gasteiger partial charge in [-0.2, -0.15) is 0 Å². The van der Waals surface area contributed by atoms with Gasteiger partial charge in [0.15, 0.2) is 0 Å². The van der Waals surface area contributed by atoms with E-state index in [4.69, 9.17) is 11.6 Å². The summed E-state index contributed by atoms with van der Waals surface area (Å²) in [7, 11) is 0. The molecule has 0 saturated heterocycles. The van der Waals surface area contributed by atoms with E-state index < -0.39 is 0 Å². The van der Waals surface area contributed by atoms with Crippen molar-refractivity contribution < 1.29 is 4.39 Å². The molecule has 33 heavy (non-hydrogen) atoms. The Morgan fingerprint density at radius 1 is 1.03 bits per heavy atom. The average molecular weight is 528 g/mol. The quantitative estimate of drug-likeness (QED) is 0.268. The molecule has 0 aliphatic heterocycles. The van der Waals surface area contributed by atoms with Crippen LogP contribution in [0, 0.1) is 11.7 Å². The molecule has 1 aliphatic carbocycles. The van der Waals surface area contributed by atoms with E-state index in [1.807, 2.05) is 24.4 Å². The molecule has 5 rings (SSSR count). The summed E-state index contributed by atoms with van der Waals surface area (Å²) in [5.74, 6) is 1.69. The fourth-order valence-electron chi connectivity index (χ4n) is 5.18. The molecule has 2 heterocycles. The first-order valence-corrected chi connectivity index (χ1v) is 12.6. The van der Waals surface area contributed by atoms with E-state index in [9.17, 15) is 4.39 Å². The fourth-order valence-corrected chi connectivity index (χ4v) is 5.71.